The minimum Gasteiger partial charge on any atom is -0.311 e. The minimum atomic E-state index is 0.503. The van der Waals surface area contributed by atoms with Crippen molar-refractivity contribution in [3.8, 4) is 0 Å². The van der Waals surface area contributed by atoms with E-state index in [4.69, 9.17) is 0 Å². The Morgan fingerprint density at radius 1 is 1.12 bits per heavy atom. The summed E-state index contributed by atoms with van der Waals surface area (Å²) in [5, 5.41) is 3.84. The van der Waals surface area contributed by atoms with Crippen LogP contribution in [0.3, 0.4) is 0 Å². The summed E-state index contributed by atoms with van der Waals surface area (Å²) in [7, 11) is 4.60. The zero-order valence-corrected chi connectivity index (χ0v) is 11.1. The van der Waals surface area contributed by atoms with Gasteiger partial charge in [0, 0.05) is 11.1 Å². The molecule has 0 aliphatic heterocycles. The molecule has 0 heterocycles. The van der Waals surface area contributed by atoms with Gasteiger partial charge in [0.1, 0.15) is 0 Å². The number of nitrogens with one attached hydrogen (secondary N) is 1. The Kier molecular flexibility index (Phi) is 2.38. The Balaban J connectivity index is 1.90. The van der Waals surface area contributed by atoms with Gasteiger partial charge in [0.2, 0.25) is 0 Å². The van der Waals surface area contributed by atoms with Crippen LogP contribution in [0, 0.1) is 11.8 Å². The first-order chi connectivity index (χ1) is 7.57. The Labute approximate surface area is 99.8 Å². The van der Waals surface area contributed by atoms with Crippen LogP contribution in [0.5, 0.6) is 0 Å². The van der Waals surface area contributed by atoms with E-state index >= 15 is 0 Å². The SMILES string of the molecule is CCNC12CC3CC(C1)CC(N(C)C)(C3)C2. The third-order valence-electron chi connectivity index (χ3n) is 5.53. The molecule has 2 nitrogen and oxygen atoms in total. The molecule has 4 fully saturated rings. The first kappa shape index (κ1) is 11.0. The Bertz CT molecular complexity index is 270. The molecule has 4 aliphatic rings. The van der Waals surface area contributed by atoms with Gasteiger partial charge in [-0.1, -0.05) is 6.92 Å². The highest BCUT2D eigenvalue weighted by Gasteiger charge is 2.58. The van der Waals surface area contributed by atoms with E-state index in [1.165, 1.54) is 38.5 Å². The summed E-state index contributed by atoms with van der Waals surface area (Å²) < 4.78 is 0. The fraction of sp³-hybridized carbons (Fsp3) is 1.00. The lowest BCUT2D eigenvalue weighted by atomic mass is 9.49. The highest BCUT2D eigenvalue weighted by molar-refractivity contribution is 5.15. The zero-order chi connectivity index (χ0) is 11.4. The summed E-state index contributed by atoms with van der Waals surface area (Å²) in [6.45, 7) is 3.41. The molecule has 4 bridgehead atoms. The first-order valence-electron chi connectivity index (χ1n) is 7.00. The second-order valence-electron chi connectivity index (χ2n) is 6.89. The van der Waals surface area contributed by atoms with E-state index in [0.29, 0.717) is 11.1 Å². The van der Waals surface area contributed by atoms with Gasteiger partial charge in [-0.2, -0.15) is 0 Å². The molecule has 4 saturated carbocycles. The van der Waals surface area contributed by atoms with Crippen LogP contribution in [0.15, 0.2) is 0 Å². The summed E-state index contributed by atoms with van der Waals surface area (Å²) in [4.78, 5) is 2.54. The summed E-state index contributed by atoms with van der Waals surface area (Å²) in [6.07, 6.45) is 8.74. The second-order valence-corrected chi connectivity index (χ2v) is 6.89. The van der Waals surface area contributed by atoms with Crippen LogP contribution in [-0.2, 0) is 0 Å². The maximum absolute atomic E-state index is 3.84. The van der Waals surface area contributed by atoms with Gasteiger partial charge in [-0.25, -0.2) is 0 Å². The lowest BCUT2D eigenvalue weighted by molar-refractivity contribution is -0.0936. The van der Waals surface area contributed by atoms with Gasteiger partial charge in [-0.05, 0) is 71.0 Å². The van der Waals surface area contributed by atoms with Crippen molar-refractivity contribution in [2.75, 3.05) is 20.6 Å². The Morgan fingerprint density at radius 3 is 2.25 bits per heavy atom. The summed E-state index contributed by atoms with van der Waals surface area (Å²) >= 11 is 0. The molecule has 0 aromatic carbocycles. The Morgan fingerprint density at radius 2 is 1.75 bits per heavy atom. The lowest BCUT2D eigenvalue weighted by Crippen LogP contribution is -2.68. The molecule has 0 amide bonds. The van der Waals surface area contributed by atoms with E-state index in [2.05, 4.69) is 31.2 Å². The predicted molar refractivity (Wildman–Crippen MR) is 67.5 cm³/mol. The fourth-order valence-electron chi connectivity index (χ4n) is 5.32. The third-order valence-corrected chi connectivity index (χ3v) is 5.53. The molecule has 2 heteroatoms. The van der Waals surface area contributed by atoms with Crippen molar-refractivity contribution in [2.24, 2.45) is 11.8 Å². The second kappa shape index (κ2) is 3.46. The summed E-state index contributed by atoms with van der Waals surface area (Å²) in [5.41, 5.74) is 1.04. The van der Waals surface area contributed by atoms with E-state index in [1.54, 1.807) is 0 Å². The number of rotatable bonds is 3. The van der Waals surface area contributed by atoms with Crippen LogP contribution in [0.2, 0.25) is 0 Å². The molecule has 0 aromatic rings. The zero-order valence-electron chi connectivity index (χ0n) is 11.1. The molecule has 1 N–H and O–H groups in total. The normalized spacial score (nSPS) is 50.2. The van der Waals surface area contributed by atoms with Crippen molar-refractivity contribution >= 4 is 0 Å². The van der Waals surface area contributed by atoms with Gasteiger partial charge < -0.3 is 10.2 Å². The van der Waals surface area contributed by atoms with Gasteiger partial charge in [-0.3, -0.25) is 0 Å². The number of hydrogen-bond acceptors (Lipinski definition) is 2. The van der Waals surface area contributed by atoms with Crippen molar-refractivity contribution in [1.82, 2.24) is 10.2 Å². The van der Waals surface area contributed by atoms with Gasteiger partial charge in [0.15, 0.2) is 0 Å². The number of nitrogens with zero attached hydrogens (tertiary/aromatic N) is 1. The van der Waals surface area contributed by atoms with Crippen LogP contribution < -0.4 is 5.32 Å². The molecule has 0 aromatic heterocycles. The molecule has 2 unspecified atom stereocenters. The first-order valence-corrected chi connectivity index (χ1v) is 7.00. The topological polar surface area (TPSA) is 15.3 Å². The molecule has 16 heavy (non-hydrogen) atoms. The average molecular weight is 222 g/mol. The summed E-state index contributed by atoms with van der Waals surface area (Å²) in [6, 6.07) is 0. The van der Waals surface area contributed by atoms with Crippen molar-refractivity contribution in [3.05, 3.63) is 0 Å². The molecule has 0 saturated heterocycles. The largest absolute Gasteiger partial charge is 0.311 e. The highest BCUT2D eigenvalue weighted by Crippen LogP contribution is 2.58. The van der Waals surface area contributed by atoms with E-state index in [-0.39, 0.29) is 0 Å². The van der Waals surface area contributed by atoms with E-state index < -0.39 is 0 Å². The maximum atomic E-state index is 3.84. The van der Waals surface area contributed by atoms with E-state index in [9.17, 15) is 0 Å². The van der Waals surface area contributed by atoms with Crippen LogP contribution in [0.4, 0.5) is 0 Å². The molecule has 2 atom stereocenters. The molecule has 92 valence electrons. The van der Waals surface area contributed by atoms with Crippen molar-refractivity contribution < 1.29 is 0 Å². The molecule has 4 rings (SSSR count). The number of hydrogen-bond donors (Lipinski definition) is 1. The van der Waals surface area contributed by atoms with Crippen molar-refractivity contribution in [2.45, 2.75) is 56.5 Å². The Hall–Kier alpha value is -0.0800. The van der Waals surface area contributed by atoms with E-state index in [0.717, 1.165) is 18.4 Å². The molecule has 0 spiro atoms. The molecular weight excluding hydrogens is 196 g/mol. The van der Waals surface area contributed by atoms with Crippen LogP contribution in [0.1, 0.15) is 45.4 Å². The van der Waals surface area contributed by atoms with Gasteiger partial charge >= 0.3 is 0 Å². The van der Waals surface area contributed by atoms with Gasteiger partial charge in [0.25, 0.3) is 0 Å². The molecular formula is C14H26N2. The van der Waals surface area contributed by atoms with Crippen LogP contribution in [0.25, 0.3) is 0 Å². The van der Waals surface area contributed by atoms with Crippen LogP contribution in [-0.4, -0.2) is 36.6 Å². The maximum Gasteiger partial charge on any atom is 0.0226 e. The molecule has 4 aliphatic carbocycles. The van der Waals surface area contributed by atoms with Crippen molar-refractivity contribution in [1.29, 1.82) is 0 Å². The smallest absolute Gasteiger partial charge is 0.0226 e. The van der Waals surface area contributed by atoms with Gasteiger partial charge in [0.05, 0.1) is 0 Å². The highest BCUT2D eigenvalue weighted by atomic mass is 15.2. The van der Waals surface area contributed by atoms with Crippen LogP contribution >= 0.6 is 0 Å². The summed E-state index contributed by atoms with van der Waals surface area (Å²) in [5.74, 6) is 2.00. The third kappa shape index (κ3) is 1.46. The minimum absolute atomic E-state index is 0.503. The monoisotopic (exact) mass is 222 g/mol. The van der Waals surface area contributed by atoms with Crippen molar-refractivity contribution in [3.63, 3.8) is 0 Å². The lowest BCUT2D eigenvalue weighted by Gasteiger charge is -2.64. The van der Waals surface area contributed by atoms with Gasteiger partial charge in [-0.15, -0.1) is 0 Å². The molecule has 0 radical (unpaired) electrons. The standard InChI is InChI=1S/C14H26N2/c1-4-15-13-6-11-5-12(7-13)9-14(8-11,10-13)16(2)3/h11-12,15H,4-10H2,1-3H3. The average Bonchev–Trinajstić information content (AvgIpc) is 2.14. The fourth-order valence-corrected chi connectivity index (χ4v) is 5.32. The van der Waals surface area contributed by atoms with E-state index in [1.807, 2.05) is 0 Å². The predicted octanol–water partition coefficient (Wildman–Crippen LogP) is 2.25. The quantitative estimate of drug-likeness (QED) is 0.788.